The molecule has 1 amide bonds. The van der Waals surface area contributed by atoms with Crippen LogP contribution >= 0.6 is 11.6 Å². The first-order chi connectivity index (χ1) is 14.2. The predicted octanol–water partition coefficient (Wildman–Crippen LogP) is 1.94. The van der Waals surface area contributed by atoms with Crippen LogP contribution in [0, 0.1) is 5.82 Å². The van der Waals surface area contributed by atoms with Crippen molar-refractivity contribution in [1.29, 1.82) is 0 Å². The van der Waals surface area contributed by atoms with Gasteiger partial charge in [0.05, 0.1) is 25.2 Å². The van der Waals surface area contributed by atoms with Crippen molar-refractivity contribution < 1.29 is 22.8 Å². The first-order valence-corrected chi connectivity index (χ1v) is 9.05. The molecule has 0 aliphatic rings. The van der Waals surface area contributed by atoms with Gasteiger partial charge in [-0.1, -0.05) is 11.6 Å². The largest absolute Gasteiger partial charge is 0.391 e. The van der Waals surface area contributed by atoms with Gasteiger partial charge < -0.3 is 26.9 Å². The number of nitrogens with zero attached hydrogens (tertiary/aromatic N) is 2. The monoisotopic (exact) mass is 444 g/mol. The van der Waals surface area contributed by atoms with Crippen molar-refractivity contribution >= 4 is 29.2 Å². The highest BCUT2D eigenvalue weighted by Gasteiger charge is 2.32. The molecule has 1 aromatic heterocycles. The van der Waals surface area contributed by atoms with Crippen molar-refractivity contribution in [3.8, 4) is 0 Å². The first kappa shape index (κ1) is 23.1. The number of aromatic nitrogens is 1. The molecule has 0 radical (unpaired) electrons. The lowest BCUT2D eigenvalue weighted by Gasteiger charge is -2.19. The summed E-state index contributed by atoms with van der Waals surface area (Å²) in [5, 5.41) is 8.09. The van der Waals surface area contributed by atoms with Gasteiger partial charge in [0.2, 0.25) is 11.9 Å². The van der Waals surface area contributed by atoms with Crippen molar-refractivity contribution in [2.45, 2.75) is 12.3 Å². The van der Waals surface area contributed by atoms with Crippen LogP contribution in [0.3, 0.4) is 0 Å². The van der Waals surface area contributed by atoms with Crippen LogP contribution in [0.25, 0.3) is 0 Å². The molecule has 2 rings (SSSR count). The molecule has 30 heavy (non-hydrogen) atoms. The van der Waals surface area contributed by atoms with E-state index in [-0.39, 0.29) is 40.9 Å². The van der Waals surface area contributed by atoms with Gasteiger partial charge in [-0.3, -0.25) is 9.78 Å². The molecule has 0 bridgehead atoms. The maximum absolute atomic E-state index is 14.7. The summed E-state index contributed by atoms with van der Waals surface area (Å²) in [5.41, 5.74) is 9.50. The Balaban J connectivity index is 1.99. The maximum Gasteiger partial charge on any atom is 0.291 e. The molecule has 8 nitrogen and oxygen atoms in total. The van der Waals surface area contributed by atoms with Crippen LogP contribution in [0.2, 0.25) is 5.02 Å². The fourth-order valence-corrected chi connectivity index (χ4v) is 2.58. The van der Waals surface area contributed by atoms with E-state index in [1.807, 2.05) is 0 Å². The SMILES string of the molecule is NC(N)=NOCCNC(=O)Cc1c(Cl)ccc(NCC(F)(F)c2cccnc2)c1F. The lowest BCUT2D eigenvalue weighted by Crippen LogP contribution is -2.29. The van der Waals surface area contributed by atoms with E-state index in [2.05, 4.69) is 20.8 Å². The molecule has 1 heterocycles. The molecule has 0 saturated heterocycles. The topological polar surface area (TPSA) is 128 Å². The average Bonchev–Trinajstić information content (AvgIpc) is 2.70. The van der Waals surface area contributed by atoms with Crippen LogP contribution < -0.4 is 22.1 Å². The second kappa shape index (κ2) is 10.5. The van der Waals surface area contributed by atoms with E-state index >= 15 is 0 Å². The number of hydrogen-bond donors (Lipinski definition) is 4. The van der Waals surface area contributed by atoms with Crippen molar-refractivity contribution in [3.05, 3.63) is 58.6 Å². The molecule has 6 N–H and O–H groups in total. The van der Waals surface area contributed by atoms with Gasteiger partial charge in [-0.25, -0.2) is 4.39 Å². The summed E-state index contributed by atoms with van der Waals surface area (Å²) in [6.45, 7) is -0.819. The molecule has 0 atom stereocenters. The van der Waals surface area contributed by atoms with Crippen LogP contribution in [-0.4, -0.2) is 36.5 Å². The highest BCUT2D eigenvalue weighted by atomic mass is 35.5. The lowest BCUT2D eigenvalue weighted by atomic mass is 10.1. The van der Waals surface area contributed by atoms with Crippen LogP contribution in [0.5, 0.6) is 0 Å². The zero-order valence-corrected chi connectivity index (χ0v) is 16.4. The highest BCUT2D eigenvalue weighted by molar-refractivity contribution is 6.31. The van der Waals surface area contributed by atoms with Gasteiger partial charge in [-0.15, -0.1) is 0 Å². The Bertz CT molecular complexity index is 895. The summed E-state index contributed by atoms with van der Waals surface area (Å²) in [4.78, 5) is 20.4. The number of oxime groups is 1. The Hall–Kier alpha value is -3.21. The summed E-state index contributed by atoms with van der Waals surface area (Å²) in [6.07, 6.45) is 2.00. The highest BCUT2D eigenvalue weighted by Crippen LogP contribution is 2.30. The van der Waals surface area contributed by atoms with Crippen molar-refractivity contribution in [3.63, 3.8) is 0 Å². The van der Waals surface area contributed by atoms with Crippen molar-refractivity contribution in [1.82, 2.24) is 10.3 Å². The van der Waals surface area contributed by atoms with Crippen LogP contribution in [0.1, 0.15) is 11.1 Å². The van der Waals surface area contributed by atoms with Crippen LogP contribution in [0.15, 0.2) is 41.8 Å². The van der Waals surface area contributed by atoms with Crippen LogP contribution in [0.4, 0.5) is 18.9 Å². The second-order valence-electron chi connectivity index (χ2n) is 6.06. The number of carbonyl (C=O) groups excluding carboxylic acids is 1. The Morgan fingerprint density at radius 2 is 2.07 bits per heavy atom. The summed E-state index contributed by atoms with van der Waals surface area (Å²) in [7, 11) is 0. The molecule has 162 valence electrons. The fraction of sp³-hybridized carbons (Fsp3) is 0.278. The molecule has 0 spiro atoms. The first-order valence-electron chi connectivity index (χ1n) is 8.67. The Morgan fingerprint density at radius 3 is 2.73 bits per heavy atom. The number of hydrogen-bond acceptors (Lipinski definition) is 5. The summed E-state index contributed by atoms with van der Waals surface area (Å²) >= 11 is 5.98. The summed E-state index contributed by atoms with van der Waals surface area (Å²) in [6, 6.07) is 5.14. The number of halogens is 4. The molecular formula is C18H20ClF3N6O2. The third-order valence-corrected chi connectivity index (χ3v) is 4.15. The van der Waals surface area contributed by atoms with E-state index in [1.165, 1.54) is 30.5 Å². The summed E-state index contributed by atoms with van der Waals surface area (Å²) in [5.74, 6) is -5.00. The Kier molecular flexibility index (Phi) is 8.10. The van der Waals surface area contributed by atoms with E-state index in [0.29, 0.717) is 0 Å². The zero-order valence-electron chi connectivity index (χ0n) is 15.7. The smallest absolute Gasteiger partial charge is 0.291 e. The number of nitrogens with two attached hydrogens (primary N) is 2. The quantitative estimate of drug-likeness (QED) is 0.192. The number of rotatable bonds is 10. The molecule has 1 aromatic carbocycles. The van der Waals surface area contributed by atoms with Gasteiger partial charge in [0.15, 0.2) is 5.82 Å². The van der Waals surface area contributed by atoms with Crippen molar-refractivity contribution in [2.75, 3.05) is 25.0 Å². The molecular weight excluding hydrogens is 425 g/mol. The Labute approximate surface area is 175 Å². The lowest BCUT2D eigenvalue weighted by molar-refractivity contribution is -0.120. The van der Waals surface area contributed by atoms with Gasteiger partial charge in [0.1, 0.15) is 6.61 Å². The minimum absolute atomic E-state index is 0.00905. The molecule has 2 aromatic rings. The number of anilines is 1. The molecule has 0 fully saturated rings. The normalized spacial score (nSPS) is 10.9. The summed E-state index contributed by atoms with van der Waals surface area (Å²) < 4.78 is 43.3. The van der Waals surface area contributed by atoms with Gasteiger partial charge in [0.25, 0.3) is 5.92 Å². The van der Waals surface area contributed by atoms with E-state index in [9.17, 15) is 18.0 Å². The van der Waals surface area contributed by atoms with E-state index in [1.54, 1.807) is 0 Å². The standard InChI is InChI=1S/C18H20ClF3N6O2/c19-13-3-4-14(27-10-18(21,22)11-2-1-5-25-9-11)16(20)12(13)8-15(29)26-6-7-30-28-17(23)24/h1-5,9,27H,6-8,10H2,(H,26,29)(H4,23,24,28). The number of pyridine rings is 1. The van der Waals surface area contributed by atoms with E-state index < -0.39 is 30.6 Å². The molecule has 0 unspecified atom stereocenters. The number of alkyl halides is 2. The van der Waals surface area contributed by atoms with Crippen molar-refractivity contribution in [2.24, 2.45) is 16.6 Å². The zero-order chi connectivity index (χ0) is 22.1. The second-order valence-corrected chi connectivity index (χ2v) is 6.47. The van der Waals surface area contributed by atoms with Gasteiger partial charge in [-0.05, 0) is 29.4 Å². The molecule has 12 heteroatoms. The fourth-order valence-electron chi connectivity index (χ4n) is 2.36. The third kappa shape index (κ3) is 6.69. The number of carbonyl (C=O) groups is 1. The van der Waals surface area contributed by atoms with Gasteiger partial charge in [0, 0.05) is 28.5 Å². The van der Waals surface area contributed by atoms with Gasteiger partial charge in [-0.2, -0.15) is 8.78 Å². The molecule has 0 saturated carbocycles. The maximum atomic E-state index is 14.7. The minimum atomic E-state index is -3.28. The number of benzene rings is 1. The van der Waals surface area contributed by atoms with Gasteiger partial charge >= 0.3 is 0 Å². The molecule has 0 aliphatic carbocycles. The predicted molar refractivity (Wildman–Crippen MR) is 107 cm³/mol. The van der Waals surface area contributed by atoms with E-state index in [4.69, 9.17) is 27.9 Å². The number of nitrogens with one attached hydrogen (secondary N) is 2. The number of amides is 1. The third-order valence-electron chi connectivity index (χ3n) is 3.79. The van der Waals surface area contributed by atoms with Crippen LogP contribution in [-0.2, 0) is 22.0 Å². The van der Waals surface area contributed by atoms with E-state index in [0.717, 1.165) is 6.20 Å². The average molecular weight is 445 g/mol. The number of guanidine groups is 1. The Morgan fingerprint density at radius 1 is 1.30 bits per heavy atom. The molecule has 0 aliphatic heterocycles. The minimum Gasteiger partial charge on any atom is -0.391 e.